The molecule has 21 heteroatoms. The van der Waals surface area contributed by atoms with E-state index in [4.69, 9.17) is 25.2 Å². The van der Waals surface area contributed by atoms with E-state index in [1.807, 2.05) is 0 Å². The second kappa shape index (κ2) is 9.41. The maximum absolute atomic E-state index is 12.0. The number of nitrogens with two attached hydrogens (primary N) is 1. The molecule has 167 valence electrons. The van der Waals surface area contributed by atoms with Crippen molar-refractivity contribution in [3.63, 3.8) is 0 Å². The third-order valence-electron chi connectivity index (χ3n) is 3.49. The molecule has 6 unspecified atom stereocenters. The molecule has 17 nitrogen and oxygen atoms in total. The molecule has 1 aromatic rings. The molecule has 0 bridgehead atoms. The number of hydrogen-bond donors (Lipinski definition) is 7. The van der Waals surface area contributed by atoms with Crippen LogP contribution in [0.2, 0.25) is 0 Å². The second-order valence-corrected chi connectivity index (χ2v) is 13.2. The fraction of sp³-hybridized carbons (Fsp3) is 0.556. The number of aliphatic hydroxyl groups excluding tert-OH is 2. The van der Waals surface area contributed by atoms with Gasteiger partial charge in [-0.2, -0.15) is 0 Å². The molecule has 0 aliphatic carbocycles. The third-order valence-corrected chi connectivity index (χ3v) is 9.41. The van der Waals surface area contributed by atoms with Gasteiger partial charge in [-0.15, -0.1) is 0 Å². The maximum atomic E-state index is 12.0. The normalized spacial score (nSPS) is 28.8. The van der Waals surface area contributed by atoms with Crippen LogP contribution in [0, 0.1) is 0 Å². The zero-order valence-electron chi connectivity index (χ0n) is 14.6. The van der Waals surface area contributed by atoms with Crippen LogP contribution in [-0.4, -0.2) is 64.3 Å². The molecule has 8 N–H and O–H groups in total. The van der Waals surface area contributed by atoms with Crippen molar-refractivity contribution in [2.24, 2.45) is 0 Å². The van der Waals surface area contributed by atoms with E-state index < -0.39 is 60.3 Å². The first-order valence-electron chi connectivity index (χ1n) is 7.52. The van der Waals surface area contributed by atoms with Gasteiger partial charge in [-0.1, -0.05) is 0 Å². The molecule has 1 saturated heterocycles. The van der Waals surface area contributed by atoms with E-state index in [9.17, 15) is 33.6 Å². The van der Waals surface area contributed by atoms with Gasteiger partial charge in [0, 0.05) is 0 Å². The van der Waals surface area contributed by atoms with E-state index >= 15 is 0 Å². The van der Waals surface area contributed by atoms with Crippen molar-refractivity contribution in [1.29, 1.82) is 0 Å². The van der Waals surface area contributed by atoms with Crippen LogP contribution < -0.4 is 14.5 Å². The zero-order chi connectivity index (χ0) is 23.1. The summed E-state index contributed by atoms with van der Waals surface area (Å²) in [6.45, 7) is -1.01. The molecule has 2 rings (SSSR count). The van der Waals surface area contributed by atoms with Crippen molar-refractivity contribution in [1.82, 2.24) is 9.55 Å². The molecule has 30 heavy (non-hydrogen) atoms. The van der Waals surface area contributed by atoms with E-state index in [2.05, 4.69) is 18.1 Å². The summed E-state index contributed by atoms with van der Waals surface area (Å²) in [5.41, 5.74) is 4.64. The second-order valence-electron chi connectivity index (χ2n) is 5.77. The van der Waals surface area contributed by atoms with Crippen LogP contribution in [0.4, 0.5) is 5.82 Å². The Kier molecular flexibility index (Phi) is 8.21. The Hall–Kier alpha value is -0.0949. The Morgan fingerprint density at radius 3 is 2.30 bits per heavy atom. The Labute approximate surface area is 182 Å². The number of anilines is 1. The van der Waals surface area contributed by atoms with Gasteiger partial charge >= 0.3 is 169 Å². The number of phosphoric ester groups is 1. The summed E-state index contributed by atoms with van der Waals surface area (Å²) in [4.78, 5) is 50.9. The molecule has 0 aromatic carbocycles. The van der Waals surface area contributed by atoms with Crippen LogP contribution in [0.25, 0.3) is 0 Å². The molecule has 0 spiro atoms. The fourth-order valence-electron chi connectivity index (χ4n) is 2.27. The fourth-order valence-corrected chi connectivity index (χ4v) is 6.37. The monoisotopic (exact) mass is 684 g/mol. The molecule has 0 amide bonds. The molecule has 1 fully saturated rings. The van der Waals surface area contributed by atoms with Gasteiger partial charge < -0.3 is 9.79 Å². The molecule has 0 radical (unpaired) electrons. The van der Waals surface area contributed by atoms with Crippen LogP contribution in [0.1, 0.15) is 6.23 Å². The van der Waals surface area contributed by atoms with Crippen LogP contribution in [-0.2, 0) is 57.7 Å². The van der Waals surface area contributed by atoms with Crippen molar-refractivity contribution >= 4 is 32.4 Å². The SMILES string of the molecule is Nc1nc(=O)n(C2OC(COP(=O)(O)OP(=O)(O)OP(=O)(O)O)C(O)C2O)c[c]1[Hg]. The molecule has 6 atom stereocenters. The predicted octanol–water partition coefficient (Wildman–Crippen LogP) is -3.04. The molecular weight excluding hydrogens is 668 g/mol. The Morgan fingerprint density at radius 1 is 1.13 bits per heavy atom. The van der Waals surface area contributed by atoms with Gasteiger partial charge in [-0.3, -0.25) is 0 Å². The Bertz CT molecular complexity index is 997. The van der Waals surface area contributed by atoms with Crippen molar-refractivity contribution in [3.05, 3.63) is 16.7 Å². The summed E-state index contributed by atoms with van der Waals surface area (Å²) in [5, 5.41) is 20.2. The summed E-state index contributed by atoms with van der Waals surface area (Å²) in [6.07, 6.45) is -5.15. The van der Waals surface area contributed by atoms with Crippen LogP contribution in [0.5, 0.6) is 0 Å². The van der Waals surface area contributed by atoms with Crippen LogP contribution in [0.15, 0.2) is 11.0 Å². The summed E-state index contributed by atoms with van der Waals surface area (Å²) < 4.78 is 51.7. The van der Waals surface area contributed by atoms with Crippen molar-refractivity contribution in [3.8, 4) is 0 Å². The number of aliphatic hydroxyl groups is 2. The van der Waals surface area contributed by atoms with Crippen molar-refractivity contribution in [2.45, 2.75) is 24.5 Å². The third kappa shape index (κ3) is 6.95. The summed E-state index contributed by atoms with van der Waals surface area (Å²) in [6, 6.07) is 0. The molecule has 2 heterocycles. The number of aromatic nitrogens is 2. The van der Waals surface area contributed by atoms with Crippen LogP contribution >= 0.6 is 23.5 Å². The van der Waals surface area contributed by atoms with E-state index in [0.29, 0.717) is 3.07 Å². The quantitative estimate of drug-likeness (QED) is 0.106. The summed E-state index contributed by atoms with van der Waals surface area (Å²) >= 11 is -0.0572. The predicted molar refractivity (Wildman–Crippen MR) is 88.3 cm³/mol. The Balaban J connectivity index is 2.09. The number of nitrogen functional groups attached to an aromatic ring is 1. The number of ether oxygens (including phenoxy) is 1. The van der Waals surface area contributed by atoms with Gasteiger partial charge in [-0.25, -0.2) is 4.57 Å². The van der Waals surface area contributed by atoms with Crippen molar-refractivity contribution < 1.29 is 87.5 Å². The van der Waals surface area contributed by atoms with Gasteiger partial charge in [0.25, 0.3) is 0 Å². The van der Waals surface area contributed by atoms with Gasteiger partial charge in [-0.05, 0) is 0 Å². The van der Waals surface area contributed by atoms with Crippen molar-refractivity contribution in [2.75, 3.05) is 12.3 Å². The number of phosphoric acid groups is 3. The number of rotatable bonds is 8. The molecule has 1 aliphatic heterocycles. The minimum absolute atomic E-state index is 0.0110. The van der Waals surface area contributed by atoms with Gasteiger partial charge in [0.2, 0.25) is 0 Å². The standard InChI is InChI=1S/C9H15N3O14P3.Hg/c10-5-1-2-12(9(15)11-5)8-7(14)6(13)4(24-8)3-23-28(19,20)26-29(21,22)25-27(16,17)18;/h2,4,6-8,13-14H,3H2,(H,19,20)(H,21,22)(H2,10,11,15)(H2,16,17,18);. The first-order valence-corrected chi connectivity index (χ1v) is 14.8. The van der Waals surface area contributed by atoms with Gasteiger partial charge in [0.15, 0.2) is 0 Å². The summed E-state index contributed by atoms with van der Waals surface area (Å²) in [5.74, 6) is 0.0110. The number of hydrogen-bond acceptors (Lipinski definition) is 12. The van der Waals surface area contributed by atoms with E-state index in [0.717, 1.165) is 4.57 Å². The molecule has 0 saturated carbocycles. The first-order chi connectivity index (χ1) is 13.5. The topological polar surface area (TPSA) is 270 Å². The van der Waals surface area contributed by atoms with E-state index in [1.54, 1.807) is 0 Å². The average molecular weight is 683 g/mol. The molecule has 1 aliphatic rings. The van der Waals surface area contributed by atoms with E-state index in [1.165, 1.54) is 6.20 Å². The zero-order valence-corrected chi connectivity index (χ0v) is 22.7. The van der Waals surface area contributed by atoms with Gasteiger partial charge in [0.05, 0.1) is 0 Å². The Morgan fingerprint density at radius 2 is 1.73 bits per heavy atom. The van der Waals surface area contributed by atoms with Gasteiger partial charge in [0.1, 0.15) is 0 Å². The van der Waals surface area contributed by atoms with Crippen LogP contribution in [0.3, 0.4) is 0 Å². The van der Waals surface area contributed by atoms with E-state index in [-0.39, 0.29) is 31.9 Å². The average Bonchev–Trinajstić information content (AvgIpc) is 2.81. The summed E-state index contributed by atoms with van der Waals surface area (Å²) in [7, 11) is -16.7. The molecule has 1 aromatic heterocycles. The number of nitrogens with zero attached hydrogens (tertiary/aromatic N) is 2. The minimum atomic E-state index is -5.72. The first kappa shape index (κ1) is 26.2. The molecular formula is C9H15HgN3O14P3.